The molecule has 2 rings (SSSR count). The van der Waals surface area contributed by atoms with Crippen LogP contribution in [-0.4, -0.2) is 35.0 Å². The number of amides is 1. The van der Waals surface area contributed by atoms with Crippen molar-refractivity contribution in [3.8, 4) is 0 Å². The molecular weight excluding hydrogens is 318 g/mol. The van der Waals surface area contributed by atoms with Crippen LogP contribution in [0.25, 0.3) is 0 Å². The number of thiophene rings is 1. The molecule has 1 N–H and O–H groups in total. The molecule has 0 aromatic carbocycles. The van der Waals surface area contributed by atoms with Crippen LogP contribution in [-0.2, 0) is 16.0 Å². The number of piperidine rings is 1. The molecule has 1 aromatic rings. The quantitative estimate of drug-likeness (QED) is 0.925. The molecule has 0 radical (unpaired) electrons. The predicted octanol–water partition coefficient (Wildman–Crippen LogP) is 2.38. The number of rotatable bonds is 3. The van der Waals surface area contributed by atoms with Gasteiger partial charge in [0.15, 0.2) is 0 Å². The van der Waals surface area contributed by atoms with E-state index in [-0.39, 0.29) is 11.8 Å². The SMILES string of the molecule is O=C(O)C1CCN(C(=O)Cc2ccc(Br)s2)CC1. The minimum atomic E-state index is -0.746. The lowest BCUT2D eigenvalue weighted by atomic mass is 9.97. The van der Waals surface area contributed by atoms with Gasteiger partial charge in [-0.3, -0.25) is 9.59 Å². The standard InChI is InChI=1S/C12H14BrNO3S/c13-10-2-1-9(18-10)7-11(15)14-5-3-8(4-6-14)12(16)17/h1-2,8H,3-7H2,(H,16,17). The Morgan fingerprint density at radius 3 is 2.56 bits per heavy atom. The van der Waals surface area contributed by atoms with Gasteiger partial charge in [-0.05, 0) is 40.9 Å². The van der Waals surface area contributed by atoms with Crippen molar-refractivity contribution < 1.29 is 14.7 Å². The van der Waals surface area contributed by atoms with Crippen LogP contribution in [0.4, 0.5) is 0 Å². The highest BCUT2D eigenvalue weighted by Gasteiger charge is 2.26. The molecule has 2 heterocycles. The second kappa shape index (κ2) is 5.84. The Morgan fingerprint density at radius 1 is 1.39 bits per heavy atom. The molecule has 0 spiro atoms. The lowest BCUT2D eigenvalue weighted by Gasteiger charge is -2.30. The Hall–Kier alpha value is -0.880. The maximum Gasteiger partial charge on any atom is 0.306 e. The van der Waals surface area contributed by atoms with Gasteiger partial charge < -0.3 is 10.0 Å². The van der Waals surface area contributed by atoms with Crippen LogP contribution in [0, 0.1) is 5.92 Å². The maximum absolute atomic E-state index is 12.0. The van der Waals surface area contributed by atoms with Crippen LogP contribution in [0.1, 0.15) is 17.7 Å². The van der Waals surface area contributed by atoms with Crippen molar-refractivity contribution in [3.63, 3.8) is 0 Å². The highest BCUT2D eigenvalue weighted by atomic mass is 79.9. The largest absolute Gasteiger partial charge is 0.481 e. The molecule has 1 aliphatic rings. The van der Waals surface area contributed by atoms with Gasteiger partial charge in [-0.25, -0.2) is 0 Å². The van der Waals surface area contributed by atoms with Gasteiger partial charge >= 0.3 is 5.97 Å². The first kappa shape index (κ1) is 13.5. The van der Waals surface area contributed by atoms with Crippen molar-refractivity contribution in [1.29, 1.82) is 0 Å². The van der Waals surface area contributed by atoms with Crippen molar-refractivity contribution in [3.05, 3.63) is 20.8 Å². The summed E-state index contributed by atoms with van der Waals surface area (Å²) in [6.45, 7) is 1.12. The monoisotopic (exact) mass is 331 g/mol. The summed E-state index contributed by atoms with van der Waals surface area (Å²) in [6, 6.07) is 3.88. The topological polar surface area (TPSA) is 57.6 Å². The van der Waals surface area contributed by atoms with Crippen LogP contribution in [0.15, 0.2) is 15.9 Å². The Kier molecular flexibility index (Phi) is 4.40. The Labute approximate surface area is 118 Å². The van der Waals surface area contributed by atoms with E-state index in [9.17, 15) is 9.59 Å². The third kappa shape index (κ3) is 3.32. The van der Waals surface area contributed by atoms with Crippen LogP contribution in [0.5, 0.6) is 0 Å². The van der Waals surface area contributed by atoms with E-state index < -0.39 is 5.97 Å². The normalized spacial score (nSPS) is 16.8. The average molecular weight is 332 g/mol. The van der Waals surface area contributed by atoms with Crippen molar-refractivity contribution in [2.24, 2.45) is 5.92 Å². The molecule has 98 valence electrons. The molecule has 1 aliphatic heterocycles. The van der Waals surface area contributed by atoms with Crippen molar-refractivity contribution >= 4 is 39.1 Å². The lowest BCUT2D eigenvalue weighted by molar-refractivity contribution is -0.145. The van der Waals surface area contributed by atoms with Crippen molar-refractivity contribution in [1.82, 2.24) is 4.90 Å². The van der Waals surface area contributed by atoms with Gasteiger partial charge in [0, 0.05) is 18.0 Å². The number of hydrogen-bond acceptors (Lipinski definition) is 3. The molecule has 0 atom stereocenters. The van der Waals surface area contributed by atoms with Gasteiger partial charge in [-0.2, -0.15) is 0 Å². The number of aliphatic carboxylic acids is 1. The zero-order valence-electron chi connectivity index (χ0n) is 9.76. The van der Waals surface area contributed by atoms with E-state index >= 15 is 0 Å². The minimum Gasteiger partial charge on any atom is -0.481 e. The Balaban J connectivity index is 1.86. The summed E-state index contributed by atoms with van der Waals surface area (Å²) in [7, 11) is 0. The van der Waals surface area contributed by atoms with E-state index in [0.717, 1.165) is 8.66 Å². The molecule has 0 aliphatic carbocycles. The van der Waals surface area contributed by atoms with E-state index in [1.165, 1.54) is 0 Å². The van der Waals surface area contributed by atoms with E-state index in [4.69, 9.17) is 5.11 Å². The fraction of sp³-hybridized carbons (Fsp3) is 0.500. The number of nitrogens with zero attached hydrogens (tertiary/aromatic N) is 1. The number of carboxylic acids is 1. The number of halogens is 1. The molecule has 4 nitrogen and oxygen atoms in total. The lowest BCUT2D eigenvalue weighted by Crippen LogP contribution is -2.40. The summed E-state index contributed by atoms with van der Waals surface area (Å²) in [5.74, 6) is -0.942. The highest BCUT2D eigenvalue weighted by molar-refractivity contribution is 9.11. The molecule has 6 heteroatoms. The Morgan fingerprint density at radius 2 is 2.06 bits per heavy atom. The zero-order valence-corrected chi connectivity index (χ0v) is 12.2. The smallest absolute Gasteiger partial charge is 0.306 e. The molecule has 18 heavy (non-hydrogen) atoms. The fourth-order valence-corrected chi connectivity index (χ4v) is 3.56. The molecule has 1 aromatic heterocycles. The number of carbonyl (C=O) groups is 2. The minimum absolute atomic E-state index is 0.0909. The molecule has 0 unspecified atom stereocenters. The van der Waals surface area contributed by atoms with Crippen molar-refractivity contribution in [2.75, 3.05) is 13.1 Å². The van der Waals surface area contributed by atoms with Crippen LogP contribution in [0.3, 0.4) is 0 Å². The average Bonchev–Trinajstić information content (AvgIpc) is 2.75. The van der Waals surface area contributed by atoms with Crippen LogP contribution >= 0.6 is 27.3 Å². The van der Waals surface area contributed by atoms with E-state index in [1.54, 1.807) is 16.2 Å². The summed E-state index contributed by atoms with van der Waals surface area (Å²) in [5.41, 5.74) is 0. The first-order valence-corrected chi connectivity index (χ1v) is 7.42. The summed E-state index contributed by atoms with van der Waals surface area (Å²) in [5, 5.41) is 8.89. The van der Waals surface area contributed by atoms with Crippen LogP contribution in [0.2, 0.25) is 0 Å². The summed E-state index contributed by atoms with van der Waals surface area (Å²) in [4.78, 5) is 25.6. The summed E-state index contributed by atoms with van der Waals surface area (Å²) < 4.78 is 1.02. The van der Waals surface area contributed by atoms with E-state index in [2.05, 4.69) is 15.9 Å². The molecule has 0 saturated carbocycles. The number of hydrogen-bond donors (Lipinski definition) is 1. The second-order valence-corrected chi connectivity index (χ2v) is 6.92. The van der Waals surface area contributed by atoms with Crippen LogP contribution < -0.4 is 0 Å². The molecule has 1 amide bonds. The molecule has 1 fully saturated rings. The predicted molar refractivity (Wildman–Crippen MR) is 72.7 cm³/mol. The zero-order chi connectivity index (χ0) is 13.1. The Bertz CT molecular complexity index is 452. The van der Waals surface area contributed by atoms with Gasteiger partial charge in [-0.15, -0.1) is 11.3 Å². The van der Waals surface area contributed by atoms with E-state index in [1.807, 2.05) is 12.1 Å². The number of carboxylic acid groups (broad SMARTS) is 1. The first-order chi connectivity index (χ1) is 8.56. The van der Waals surface area contributed by atoms with Gasteiger partial charge in [0.25, 0.3) is 0 Å². The summed E-state index contributed by atoms with van der Waals surface area (Å²) >= 11 is 4.93. The van der Waals surface area contributed by atoms with E-state index in [0.29, 0.717) is 32.4 Å². The summed E-state index contributed by atoms with van der Waals surface area (Å²) in [6.07, 6.45) is 1.54. The van der Waals surface area contributed by atoms with Gasteiger partial charge in [0.05, 0.1) is 16.1 Å². The number of carbonyl (C=O) groups excluding carboxylic acids is 1. The van der Waals surface area contributed by atoms with Gasteiger partial charge in [-0.1, -0.05) is 0 Å². The highest BCUT2D eigenvalue weighted by Crippen LogP contribution is 2.24. The molecular formula is C12H14BrNO3S. The molecule has 1 saturated heterocycles. The third-order valence-corrected chi connectivity index (χ3v) is 4.77. The van der Waals surface area contributed by atoms with Gasteiger partial charge in [0.1, 0.15) is 0 Å². The molecule has 0 bridgehead atoms. The van der Waals surface area contributed by atoms with Gasteiger partial charge in [0.2, 0.25) is 5.91 Å². The first-order valence-electron chi connectivity index (χ1n) is 5.81. The second-order valence-electron chi connectivity index (χ2n) is 4.38. The van der Waals surface area contributed by atoms with Crippen molar-refractivity contribution in [2.45, 2.75) is 19.3 Å². The fourth-order valence-electron chi connectivity index (χ4n) is 2.08. The number of likely N-dealkylation sites (tertiary alicyclic amines) is 1. The maximum atomic E-state index is 12.0. The third-order valence-electron chi connectivity index (χ3n) is 3.15.